The SMILES string of the molecule is C[C@H]1CCCC[C@H]1NC(=O)C[NH+]1CCC(O)(c2ccc3c(c2)OCO3)CC1. The summed E-state index contributed by atoms with van der Waals surface area (Å²) >= 11 is 0. The van der Waals surface area contributed by atoms with Crippen molar-refractivity contribution in [2.45, 2.75) is 57.1 Å². The van der Waals surface area contributed by atoms with Crippen LogP contribution in [0.15, 0.2) is 18.2 Å². The lowest BCUT2D eigenvalue weighted by Gasteiger charge is -2.36. The molecule has 2 atom stereocenters. The molecule has 1 aromatic carbocycles. The summed E-state index contributed by atoms with van der Waals surface area (Å²) in [5, 5.41) is 14.4. The molecule has 27 heavy (non-hydrogen) atoms. The largest absolute Gasteiger partial charge is 0.454 e. The Morgan fingerprint density at radius 3 is 2.74 bits per heavy atom. The van der Waals surface area contributed by atoms with E-state index in [-0.39, 0.29) is 12.7 Å². The zero-order valence-corrected chi connectivity index (χ0v) is 16.1. The molecule has 1 amide bonds. The van der Waals surface area contributed by atoms with Crippen molar-refractivity contribution >= 4 is 5.91 Å². The third-order valence-corrected chi connectivity index (χ3v) is 6.56. The van der Waals surface area contributed by atoms with Gasteiger partial charge in [0.2, 0.25) is 6.79 Å². The fraction of sp³-hybridized carbons (Fsp3) is 0.667. The molecule has 0 unspecified atom stereocenters. The number of likely N-dealkylation sites (tertiary alicyclic amines) is 1. The van der Waals surface area contributed by atoms with Gasteiger partial charge in [-0.1, -0.05) is 25.8 Å². The predicted octanol–water partition coefficient (Wildman–Crippen LogP) is 0.977. The van der Waals surface area contributed by atoms with Crippen molar-refractivity contribution < 1.29 is 24.3 Å². The van der Waals surface area contributed by atoms with E-state index in [1.165, 1.54) is 24.2 Å². The zero-order valence-electron chi connectivity index (χ0n) is 16.1. The van der Waals surface area contributed by atoms with Crippen molar-refractivity contribution in [1.29, 1.82) is 0 Å². The molecule has 1 saturated heterocycles. The standard InChI is InChI=1S/C21H30N2O4/c1-15-4-2-3-5-17(15)22-20(24)13-23-10-8-21(25,9-11-23)16-6-7-18-19(12-16)27-14-26-18/h6-7,12,15,17,25H,2-5,8-11,13-14H2,1H3,(H,22,24)/p+1/t15-,17+/m0/s1. The Balaban J connectivity index is 1.30. The fourth-order valence-electron chi connectivity index (χ4n) is 4.68. The van der Waals surface area contributed by atoms with Crippen LogP contribution in [0, 0.1) is 5.92 Å². The van der Waals surface area contributed by atoms with Gasteiger partial charge in [0.15, 0.2) is 18.0 Å². The monoisotopic (exact) mass is 375 g/mol. The number of hydrogen-bond acceptors (Lipinski definition) is 4. The van der Waals surface area contributed by atoms with Gasteiger partial charge in [-0.3, -0.25) is 4.79 Å². The fourth-order valence-corrected chi connectivity index (χ4v) is 4.68. The van der Waals surface area contributed by atoms with Crippen molar-refractivity contribution in [3.63, 3.8) is 0 Å². The molecule has 3 N–H and O–H groups in total. The summed E-state index contributed by atoms with van der Waals surface area (Å²) in [4.78, 5) is 13.7. The molecule has 4 rings (SSSR count). The van der Waals surface area contributed by atoms with E-state index in [2.05, 4.69) is 12.2 Å². The Labute approximate surface area is 160 Å². The maximum absolute atomic E-state index is 12.5. The summed E-state index contributed by atoms with van der Waals surface area (Å²) in [6.07, 6.45) is 6.11. The summed E-state index contributed by atoms with van der Waals surface area (Å²) < 4.78 is 10.8. The van der Waals surface area contributed by atoms with Crippen LogP contribution >= 0.6 is 0 Å². The molecule has 1 saturated carbocycles. The van der Waals surface area contributed by atoms with Crippen LogP contribution in [0.3, 0.4) is 0 Å². The van der Waals surface area contributed by atoms with Gasteiger partial charge in [-0.25, -0.2) is 0 Å². The van der Waals surface area contributed by atoms with Crippen molar-refractivity contribution in [1.82, 2.24) is 5.32 Å². The van der Waals surface area contributed by atoms with E-state index >= 15 is 0 Å². The van der Waals surface area contributed by atoms with Crippen LogP contribution in [0.1, 0.15) is 51.0 Å². The zero-order chi connectivity index (χ0) is 18.9. The number of carbonyl (C=O) groups is 1. The predicted molar refractivity (Wildman–Crippen MR) is 101 cm³/mol. The van der Waals surface area contributed by atoms with Gasteiger partial charge in [0, 0.05) is 18.9 Å². The highest BCUT2D eigenvalue weighted by molar-refractivity contribution is 5.77. The smallest absolute Gasteiger partial charge is 0.275 e. The van der Waals surface area contributed by atoms with E-state index in [1.54, 1.807) is 0 Å². The maximum Gasteiger partial charge on any atom is 0.275 e. The molecule has 3 aliphatic rings. The minimum atomic E-state index is -0.848. The van der Waals surface area contributed by atoms with E-state index in [0.29, 0.717) is 37.1 Å². The van der Waals surface area contributed by atoms with Gasteiger partial charge < -0.3 is 24.8 Å². The first-order valence-corrected chi connectivity index (χ1v) is 10.3. The number of rotatable bonds is 4. The number of nitrogens with one attached hydrogen (secondary N) is 2. The second-order valence-electron chi connectivity index (χ2n) is 8.46. The summed E-state index contributed by atoms with van der Waals surface area (Å²) in [6.45, 7) is 4.56. The number of aliphatic hydroxyl groups is 1. The quantitative estimate of drug-likeness (QED) is 0.734. The average molecular weight is 375 g/mol. The number of benzene rings is 1. The summed E-state index contributed by atoms with van der Waals surface area (Å²) in [6, 6.07) is 6.02. The highest BCUT2D eigenvalue weighted by Crippen LogP contribution is 2.38. The second kappa shape index (κ2) is 7.68. The number of ether oxygens (including phenoxy) is 2. The van der Waals surface area contributed by atoms with E-state index in [0.717, 1.165) is 30.8 Å². The van der Waals surface area contributed by atoms with Crippen molar-refractivity contribution in [2.75, 3.05) is 26.4 Å². The molecular formula is C21H31N2O4+. The lowest BCUT2D eigenvalue weighted by atomic mass is 9.84. The Hall–Kier alpha value is -1.79. The normalized spacial score (nSPS) is 32.9. The molecule has 0 aromatic heterocycles. The number of amides is 1. The molecule has 0 bridgehead atoms. The van der Waals surface area contributed by atoms with E-state index in [1.807, 2.05) is 18.2 Å². The Morgan fingerprint density at radius 2 is 1.96 bits per heavy atom. The summed E-state index contributed by atoms with van der Waals surface area (Å²) in [5.74, 6) is 2.17. The number of quaternary nitrogens is 1. The number of carbonyl (C=O) groups excluding carboxylic acids is 1. The van der Waals surface area contributed by atoms with Crippen molar-refractivity contribution in [2.24, 2.45) is 5.92 Å². The minimum Gasteiger partial charge on any atom is -0.454 e. The van der Waals surface area contributed by atoms with Gasteiger partial charge in [0.05, 0.1) is 13.1 Å². The van der Waals surface area contributed by atoms with Crippen LogP contribution in [-0.4, -0.2) is 43.5 Å². The highest BCUT2D eigenvalue weighted by Gasteiger charge is 2.38. The van der Waals surface area contributed by atoms with Gasteiger partial charge >= 0.3 is 0 Å². The molecule has 1 aliphatic carbocycles. The third kappa shape index (κ3) is 4.06. The lowest BCUT2D eigenvalue weighted by Crippen LogP contribution is -3.14. The van der Waals surface area contributed by atoms with Crippen molar-refractivity contribution in [3.8, 4) is 11.5 Å². The van der Waals surface area contributed by atoms with E-state index in [4.69, 9.17) is 9.47 Å². The van der Waals surface area contributed by atoms with Crippen LogP contribution < -0.4 is 19.7 Å². The first-order chi connectivity index (χ1) is 13.0. The molecule has 0 spiro atoms. The lowest BCUT2D eigenvalue weighted by molar-refractivity contribution is -0.900. The topological polar surface area (TPSA) is 72.2 Å². The summed E-state index contributed by atoms with van der Waals surface area (Å²) in [5.41, 5.74) is 0.0324. The average Bonchev–Trinajstić information content (AvgIpc) is 3.13. The van der Waals surface area contributed by atoms with Gasteiger partial charge in [-0.2, -0.15) is 0 Å². The van der Waals surface area contributed by atoms with Gasteiger partial charge in [-0.05, 0) is 36.5 Å². The first kappa shape index (κ1) is 18.6. The molecule has 1 aromatic rings. The number of fused-ring (bicyclic) bond motifs is 1. The van der Waals surface area contributed by atoms with Gasteiger partial charge in [0.25, 0.3) is 5.91 Å². The minimum absolute atomic E-state index is 0.150. The van der Waals surface area contributed by atoms with Crippen LogP contribution in [-0.2, 0) is 10.4 Å². The van der Waals surface area contributed by atoms with E-state index in [9.17, 15) is 9.90 Å². The molecule has 6 nitrogen and oxygen atoms in total. The maximum atomic E-state index is 12.5. The highest BCUT2D eigenvalue weighted by atomic mass is 16.7. The molecule has 2 fully saturated rings. The van der Waals surface area contributed by atoms with Crippen LogP contribution in [0.25, 0.3) is 0 Å². The number of hydrogen-bond donors (Lipinski definition) is 3. The van der Waals surface area contributed by atoms with Crippen LogP contribution in [0.4, 0.5) is 0 Å². The Kier molecular flexibility index (Phi) is 5.28. The molecular weight excluding hydrogens is 344 g/mol. The first-order valence-electron chi connectivity index (χ1n) is 10.3. The molecule has 6 heteroatoms. The Bertz CT molecular complexity index is 685. The Morgan fingerprint density at radius 1 is 1.22 bits per heavy atom. The molecule has 148 valence electrons. The molecule has 2 aliphatic heterocycles. The van der Waals surface area contributed by atoms with Crippen molar-refractivity contribution in [3.05, 3.63) is 23.8 Å². The third-order valence-electron chi connectivity index (χ3n) is 6.56. The second-order valence-corrected chi connectivity index (χ2v) is 8.46. The number of piperidine rings is 1. The van der Waals surface area contributed by atoms with E-state index < -0.39 is 5.60 Å². The molecule has 2 heterocycles. The van der Waals surface area contributed by atoms with Gasteiger partial charge in [-0.15, -0.1) is 0 Å². The summed E-state index contributed by atoms with van der Waals surface area (Å²) in [7, 11) is 0. The van der Waals surface area contributed by atoms with Crippen LogP contribution in [0.2, 0.25) is 0 Å². The van der Waals surface area contributed by atoms with Crippen LogP contribution in [0.5, 0.6) is 11.5 Å². The molecule has 0 radical (unpaired) electrons. The van der Waals surface area contributed by atoms with Gasteiger partial charge in [0.1, 0.15) is 5.60 Å².